The van der Waals surface area contributed by atoms with Crippen molar-refractivity contribution in [3.63, 3.8) is 0 Å². The zero-order valence-electron chi connectivity index (χ0n) is 24.5. The number of aromatic nitrogens is 2. The molecule has 1 atom stereocenters. The molecule has 0 saturated carbocycles. The highest BCUT2D eigenvalue weighted by molar-refractivity contribution is 7.14. The van der Waals surface area contributed by atoms with Crippen LogP contribution >= 0.6 is 11.3 Å². The number of carboxylic acid groups (broad SMARTS) is 1. The molecule has 0 aliphatic carbocycles. The summed E-state index contributed by atoms with van der Waals surface area (Å²) in [6.45, 7) is 7.07. The summed E-state index contributed by atoms with van der Waals surface area (Å²) in [5.74, 6) is 0.309. The van der Waals surface area contributed by atoms with Crippen molar-refractivity contribution in [3.05, 3.63) is 88.4 Å². The van der Waals surface area contributed by atoms with Gasteiger partial charge in [0.1, 0.15) is 11.8 Å². The molecule has 1 amide bonds. The third-order valence-corrected chi connectivity index (χ3v) is 8.42. The van der Waals surface area contributed by atoms with Gasteiger partial charge in [0.2, 0.25) is 0 Å². The fraction of sp³-hybridized carbons (Fsp3) is 0.353. The molecule has 0 aliphatic heterocycles. The van der Waals surface area contributed by atoms with Crippen molar-refractivity contribution in [3.8, 4) is 28.3 Å². The predicted octanol–water partition coefficient (Wildman–Crippen LogP) is 7.77. The Hall–Kier alpha value is -4.04. The average molecular weight is 586 g/mol. The lowest BCUT2D eigenvalue weighted by Gasteiger charge is -2.14. The maximum atomic E-state index is 12.7. The van der Waals surface area contributed by atoms with Gasteiger partial charge in [0.05, 0.1) is 11.5 Å². The zero-order valence-corrected chi connectivity index (χ0v) is 25.3. The Morgan fingerprint density at radius 3 is 2.14 bits per heavy atom. The SMILES string of the molecule is CCCCCCCOc1ccc(-c2cnc(-c3ccc(CC(NC(=O)c4ccc(C(C)C)s4)C(=O)O)cc3)nc2)cc1. The van der Waals surface area contributed by atoms with Gasteiger partial charge in [0.25, 0.3) is 5.91 Å². The molecule has 1 unspecified atom stereocenters. The number of rotatable bonds is 15. The second-order valence-electron chi connectivity index (χ2n) is 10.7. The van der Waals surface area contributed by atoms with Crippen LogP contribution in [-0.2, 0) is 11.2 Å². The topological polar surface area (TPSA) is 101 Å². The van der Waals surface area contributed by atoms with Gasteiger partial charge in [0.15, 0.2) is 5.82 Å². The zero-order chi connectivity index (χ0) is 29.9. The molecule has 0 spiro atoms. The summed E-state index contributed by atoms with van der Waals surface area (Å²) in [7, 11) is 0. The minimum Gasteiger partial charge on any atom is -0.494 e. The molecule has 2 heterocycles. The highest BCUT2D eigenvalue weighted by atomic mass is 32.1. The van der Waals surface area contributed by atoms with E-state index >= 15 is 0 Å². The summed E-state index contributed by atoms with van der Waals surface area (Å²) >= 11 is 1.39. The lowest BCUT2D eigenvalue weighted by Crippen LogP contribution is -2.42. The highest BCUT2D eigenvalue weighted by Crippen LogP contribution is 2.25. The minimum absolute atomic E-state index is 0.169. The van der Waals surface area contributed by atoms with Crippen LogP contribution in [0.1, 0.15) is 78.9 Å². The van der Waals surface area contributed by atoms with E-state index in [2.05, 4.69) is 36.1 Å². The van der Waals surface area contributed by atoms with Crippen molar-refractivity contribution in [1.82, 2.24) is 15.3 Å². The maximum Gasteiger partial charge on any atom is 0.326 e. The fourth-order valence-electron chi connectivity index (χ4n) is 4.51. The number of unbranched alkanes of at least 4 members (excludes halogenated alkanes) is 4. The van der Waals surface area contributed by atoms with Crippen molar-refractivity contribution >= 4 is 23.2 Å². The molecule has 4 aromatic rings. The standard InChI is InChI=1S/C34H39N3O4S/c1-4-5-6-7-8-19-41-28-15-13-25(14-16-28)27-21-35-32(36-22-27)26-11-9-24(10-12-26)20-29(34(39)40)37-33(38)31-18-17-30(42-31)23(2)3/h9-18,21-23,29H,4-8,19-20H2,1-3H3,(H,37,38)(H,39,40). The van der Waals surface area contributed by atoms with Gasteiger partial charge in [-0.1, -0.05) is 82.9 Å². The third-order valence-electron chi connectivity index (χ3n) is 7.03. The number of aliphatic carboxylic acids is 1. The largest absolute Gasteiger partial charge is 0.494 e. The van der Waals surface area contributed by atoms with Crippen LogP contribution in [0.4, 0.5) is 0 Å². The number of carboxylic acids is 1. The summed E-state index contributed by atoms with van der Waals surface area (Å²) in [6, 6.07) is 18.0. The molecule has 0 aliphatic rings. The van der Waals surface area contributed by atoms with Crippen LogP contribution in [0.15, 0.2) is 73.1 Å². The first-order valence-electron chi connectivity index (χ1n) is 14.6. The number of hydrogen-bond acceptors (Lipinski definition) is 6. The summed E-state index contributed by atoms with van der Waals surface area (Å²) in [5, 5.41) is 12.4. The first-order chi connectivity index (χ1) is 20.3. The molecular weight excluding hydrogens is 546 g/mol. The number of hydrogen-bond donors (Lipinski definition) is 2. The predicted molar refractivity (Wildman–Crippen MR) is 168 cm³/mol. The number of nitrogens with zero attached hydrogens (tertiary/aromatic N) is 2. The molecule has 2 aromatic carbocycles. The van der Waals surface area contributed by atoms with Gasteiger partial charge in [-0.3, -0.25) is 4.79 Å². The Morgan fingerprint density at radius 1 is 0.857 bits per heavy atom. The van der Waals surface area contributed by atoms with E-state index in [1.807, 2.05) is 54.6 Å². The molecule has 0 saturated heterocycles. The second-order valence-corrected chi connectivity index (χ2v) is 11.8. The lowest BCUT2D eigenvalue weighted by molar-refractivity contribution is -0.139. The van der Waals surface area contributed by atoms with E-state index < -0.39 is 12.0 Å². The van der Waals surface area contributed by atoms with Gasteiger partial charge in [-0.25, -0.2) is 14.8 Å². The van der Waals surface area contributed by atoms with Crippen LogP contribution in [0.2, 0.25) is 0 Å². The smallest absolute Gasteiger partial charge is 0.326 e. The molecule has 0 fully saturated rings. The van der Waals surface area contributed by atoms with E-state index in [1.54, 1.807) is 18.5 Å². The average Bonchev–Trinajstić information content (AvgIpc) is 3.51. The first kappa shape index (κ1) is 30.9. The Kier molecular flexibility index (Phi) is 11.2. The molecular formula is C34H39N3O4S. The van der Waals surface area contributed by atoms with E-state index in [0.717, 1.165) is 45.9 Å². The van der Waals surface area contributed by atoms with Crippen LogP contribution in [0.25, 0.3) is 22.5 Å². The van der Waals surface area contributed by atoms with Gasteiger partial charge < -0.3 is 15.2 Å². The Balaban J connectivity index is 1.32. The van der Waals surface area contributed by atoms with Gasteiger partial charge in [-0.05, 0) is 47.7 Å². The second kappa shape index (κ2) is 15.3. The number of thiophene rings is 1. The van der Waals surface area contributed by atoms with Crippen LogP contribution < -0.4 is 10.1 Å². The van der Waals surface area contributed by atoms with Crippen LogP contribution in [0.5, 0.6) is 5.75 Å². The maximum absolute atomic E-state index is 12.7. The molecule has 42 heavy (non-hydrogen) atoms. The Morgan fingerprint density at radius 2 is 1.52 bits per heavy atom. The number of carbonyl (C=O) groups excluding carboxylic acids is 1. The normalized spacial score (nSPS) is 11.8. The van der Waals surface area contributed by atoms with Gasteiger partial charge in [0, 0.05) is 34.8 Å². The quantitative estimate of drug-likeness (QED) is 0.138. The summed E-state index contributed by atoms with van der Waals surface area (Å²) < 4.78 is 5.86. The molecule has 4 rings (SSSR count). The van der Waals surface area contributed by atoms with Crippen molar-refractivity contribution in [2.24, 2.45) is 0 Å². The minimum atomic E-state index is -1.08. The molecule has 7 nitrogen and oxygen atoms in total. The van der Waals surface area contributed by atoms with Crippen LogP contribution in [-0.4, -0.2) is 39.6 Å². The Labute approximate surface area is 252 Å². The summed E-state index contributed by atoms with van der Waals surface area (Å²) in [4.78, 5) is 35.3. The number of benzene rings is 2. The van der Waals surface area contributed by atoms with E-state index in [-0.39, 0.29) is 12.3 Å². The Bertz CT molecular complexity index is 1430. The summed E-state index contributed by atoms with van der Waals surface area (Å²) in [5.41, 5.74) is 3.54. The molecule has 2 N–H and O–H groups in total. The third kappa shape index (κ3) is 8.73. The number of nitrogens with one attached hydrogen (secondary N) is 1. The van der Waals surface area contributed by atoms with Crippen molar-refractivity contribution in [2.75, 3.05) is 6.61 Å². The van der Waals surface area contributed by atoms with Gasteiger partial charge in [-0.15, -0.1) is 11.3 Å². The first-order valence-corrected chi connectivity index (χ1v) is 15.4. The van der Waals surface area contributed by atoms with E-state index in [1.165, 1.54) is 37.0 Å². The molecule has 0 bridgehead atoms. The number of carbonyl (C=O) groups is 2. The van der Waals surface area contributed by atoms with E-state index in [4.69, 9.17) is 4.74 Å². The van der Waals surface area contributed by atoms with E-state index in [0.29, 0.717) is 16.6 Å². The number of ether oxygens (including phenoxy) is 1. The van der Waals surface area contributed by atoms with Gasteiger partial charge in [-0.2, -0.15) is 0 Å². The highest BCUT2D eigenvalue weighted by Gasteiger charge is 2.22. The van der Waals surface area contributed by atoms with Crippen molar-refractivity contribution in [2.45, 2.75) is 71.3 Å². The lowest BCUT2D eigenvalue weighted by atomic mass is 10.0. The number of amides is 1. The van der Waals surface area contributed by atoms with Gasteiger partial charge >= 0.3 is 5.97 Å². The van der Waals surface area contributed by atoms with Crippen LogP contribution in [0.3, 0.4) is 0 Å². The molecule has 0 radical (unpaired) electrons. The molecule has 2 aromatic heterocycles. The van der Waals surface area contributed by atoms with Crippen LogP contribution in [0, 0.1) is 0 Å². The fourth-order valence-corrected chi connectivity index (χ4v) is 5.42. The monoisotopic (exact) mass is 585 g/mol. The van der Waals surface area contributed by atoms with E-state index in [9.17, 15) is 14.7 Å². The molecule has 8 heteroatoms. The molecule has 220 valence electrons. The van der Waals surface area contributed by atoms with Crippen molar-refractivity contribution < 1.29 is 19.4 Å². The van der Waals surface area contributed by atoms with Crippen molar-refractivity contribution in [1.29, 1.82) is 0 Å². The summed E-state index contributed by atoms with van der Waals surface area (Å²) in [6.07, 6.45) is 9.83.